The zero-order chi connectivity index (χ0) is 12.7. The molecule has 5 nitrogen and oxygen atoms in total. The largest absolute Gasteiger partial charge is 0.395 e. The highest BCUT2D eigenvalue weighted by Crippen LogP contribution is 2.16. The van der Waals surface area contributed by atoms with E-state index in [-0.39, 0.29) is 13.2 Å². The van der Waals surface area contributed by atoms with E-state index in [4.69, 9.17) is 10.2 Å². The second-order valence-electron chi connectivity index (χ2n) is 3.91. The minimum atomic E-state index is -0.744. The standard InChI is InChI=1S/C12H20N2O3/c1-14(6-7-15)11-4-2-10(3-5-11)13-8-12(17)9-16/h2-5,12-13,15-17H,6-9H2,1H3. The fourth-order valence-corrected chi connectivity index (χ4v) is 1.41. The predicted molar refractivity (Wildman–Crippen MR) is 68.4 cm³/mol. The molecule has 0 spiro atoms. The second-order valence-corrected chi connectivity index (χ2v) is 3.91. The summed E-state index contributed by atoms with van der Waals surface area (Å²) in [6, 6.07) is 7.66. The monoisotopic (exact) mass is 240 g/mol. The lowest BCUT2D eigenvalue weighted by Gasteiger charge is -2.18. The van der Waals surface area contributed by atoms with Gasteiger partial charge in [0.05, 0.1) is 19.3 Å². The lowest BCUT2D eigenvalue weighted by Crippen LogP contribution is -2.23. The molecule has 0 amide bonds. The summed E-state index contributed by atoms with van der Waals surface area (Å²) in [6.45, 7) is 0.793. The molecule has 1 aromatic carbocycles. The molecule has 5 heteroatoms. The van der Waals surface area contributed by atoms with E-state index in [0.29, 0.717) is 13.1 Å². The molecule has 0 fully saturated rings. The van der Waals surface area contributed by atoms with Crippen molar-refractivity contribution in [3.8, 4) is 0 Å². The Hall–Kier alpha value is -1.30. The van der Waals surface area contributed by atoms with Crippen molar-refractivity contribution < 1.29 is 15.3 Å². The van der Waals surface area contributed by atoms with E-state index < -0.39 is 6.10 Å². The van der Waals surface area contributed by atoms with Crippen LogP contribution in [0.3, 0.4) is 0 Å². The quantitative estimate of drug-likeness (QED) is 0.534. The lowest BCUT2D eigenvalue weighted by molar-refractivity contribution is 0.105. The van der Waals surface area contributed by atoms with Crippen LogP contribution < -0.4 is 10.2 Å². The highest BCUT2D eigenvalue weighted by molar-refractivity contribution is 5.54. The van der Waals surface area contributed by atoms with Gasteiger partial charge < -0.3 is 25.5 Å². The van der Waals surface area contributed by atoms with Gasteiger partial charge >= 0.3 is 0 Å². The zero-order valence-corrected chi connectivity index (χ0v) is 10.0. The van der Waals surface area contributed by atoms with Crippen molar-refractivity contribution >= 4 is 11.4 Å². The fourth-order valence-electron chi connectivity index (χ4n) is 1.41. The van der Waals surface area contributed by atoms with Gasteiger partial charge in [-0.1, -0.05) is 0 Å². The summed E-state index contributed by atoms with van der Waals surface area (Å²) in [6.07, 6.45) is -0.744. The number of nitrogens with zero attached hydrogens (tertiary/aromatic N) is 1. The molecule has 96 valence electrons. The van der Waals surface area contributed by atoms with Crippen LogP contribution in [0.15, 0.2) is 24.3 Å². The third kappa shape index (κ3) is 4.60. The number of nitrogens with one attached hydrogen (secondary N) is 1. The van der Waals surface area contributed by atoms with Crippen LogP contribution in [-0.2, 0) is 0 Å². The molecule has 0 aromatic heterocycles. The van der Waals surface area contributed by atoms with Crippen LogP contribution in [0, 0.1) is 0 Å². The maximum absolute atomic E-state index is 9.18. The molecule has 0 heterocycles. The van der Waals surface area contributed by atoms with Crippen LogP contribution in [-0.4, -0.2) is 54.8 Å². The van der Waals surface area contributed by atoms with Gasteiger partial charge in [-0.3, -0.25) is 0 Å². The molecular weight excluding hydrogens is 220 g/mol. The van der Waals surface area contributed by atoms with Crippen LogP contribution in [0.1, 0.15) is 0 Å². The van der Waals surface area contributed by atoms with E-state index in [2.05, 4.69) is 5.32 Å². The average molecular weight is 240 g/mol. The summed E-state index contributed by atoms with van der Waals surface area (Å²) in [4.78, 5) is 1.95. The molecular formula is C12H20N2O3. The third-order valence-corrected chi connectivity index (χ3v) is 2.50. The van der Waals surface area contributed by atoms with E-state index >= 15 is 0 Å². The molecule has 0 saturated heterocycles. The predicted octanol–water partition coefficient (Wildman–Crippen LogP) is -0.120. The molecule has 0 aliphatic carbocycles. The number of likely N-dealkylation sites (N-methyl/N-ethyl adjacent to an activating group) is 1. The van der Waals surface area contributed by atoms with Crippen LogP contribution in [0.25, 0.3) is 0 Å². The van der Waals surface area contributed by atoms with Gasteiger partial charge in [0.25, 0.3) is 0 Å². The van der Waals surface area contributed by atoms with Gasteiger partial charge in [0, 0.05) is 31.5 Å². The average Bonchev–Trinajstić information content (AvgIpc) is 2.36. The molecule has 0 aliphatic heterocycles. The Morgan fingerprint density at radius 2 is 1.88 bits per heavy atom. The van der Waals surface area contributed by atoms with Gasteiger partial charge in [-0.05, 0) is 24.3 Å². The molecule has 0 saturated carbocycles. The van der Waals surface area contributed by atoms with Gasteiger partial charge in [-0.15, -0.1) is 0 Å². The minimum absolute atomic E-state index is 0.124. The number of hydrogen-bond acceptors (Lipinski definition) is 5. The number of aliphatic hydroxyl groups excluding tert-OH is 3. The second kappa shape index (κ2) is 7.11. The van der Waals surface area contributed by atoms with E-state index in [1.54, 1.807) is 0 Å². The molecule has 1 aromatic rings. The molecule has 17 heavy (non-hydrogen) atoms. The fraction of sp³-hybridized carbons (Fsp3) is 0.500. The first-order valence-electron chi connectivity index (χ1n) is 5.62. The Labute approximate surface area is 101 Å². The van der Waals surface area contributed by atoms with Crippen molar-refractivity contribution in [2.75, 3.05) is 43.6 Å². The van der Waals surface area contributed by atoms with E-state index in [0.717, 1.165) is 11.4 Å². The maximum atomic E-state index is 9.18. The first-order chi connectivity index (χ1) is 8.17. The summed E-state index contributed by atoms with van der Waals surface area (Å²) < 4.78 is 0. The number of anilines is 2. The summed E-state index contributed by atoms with van der Waals surface area (Å²) >= 11 is 0. The number of hydrogen-bond donors (Lipinski definition) is 4. The Kier molecular flexibility index (Phi) is 5.76. The maximum Gasteiger partial charge on any atom is 0.0942 e. The highest BCUT2D eigenvalue weighted by Gasteiger charge is 2.02. The molecule has 1 atom stereocenters. The van der Waals surface area contributed by atoms with E-state index in [1.165, 1.54) is 0 Å². The van der Waals surface area contributed by atoms with Crippen molar-refractivity contribution in [1.29, 1.82) is 0 Å². The van der Waals surface area contributed by atoms with Crippen molar-refractivity contribution in [3.63, 3.8) is 0 Å². The third-order valence-electron chi connectivity index (χ3n) is 2.50. The van der Waals surface area contributed by atoms with Crippen molar-refractivity contribution in [3.05, 3.63) is 24.3 Å². The Balaban J connectivity index is 2.50. The van der Waals surface area contributed by atoms with Crippen LogP contribution >= 0.6 is 0 Å². The van der Waals surface area contributed by atoms with E-state index in [9.17, 15) is 5.11 Å². The topological polar surface area (TPSA) is 76.0 Å². The van der Waals surface area contributed by atoms with Gasteiger partial charge in [0.1, 0.15) is 0 Å². The summed E-state index contributed by atoms with van der Waals surface area (Å²) in [5, 5.41) is 29.7. The van der Waals surface area contributed by atoms with Crippen molar-refractivity contribution in [1.82, 2.24) is 0 Å². The molecule has 4 N–H and O–H groups in total. The number of benzene rings is 1. The Bertz CT molecular complexity index is 316. The summed E-state index contributed by atoms with van der Waals surface area (Å²) in [5.41, 5.74) is 1.91. The van der Waals surface area contributed by atoms with Crippen LogP contribution in [0.5, 0.6) is 0 Å². The minimum Gasteiger partial charge on any atom is -0.395 e. The normalized spacial score (nSPS) is 12.2. The summed E-state index contributed by atoms with van der Waals surface area (Å²) in [5.74, 6) is 0. The lowest BCUT2D eigenvalue weighted by atomic mass is 10.2. The molecule has 1 unspecified atom stereocenters. The Morgan fingerprint density at radius 3 is 2.41 bits per heavy atom. The van der Waals surface area contributed by atoms with Gasteiger partial charge in [-0.2, -0.15) is 0 Å². The van der Waals surface area contributed by atoms with Crippen molar-refractivity contribution in [2.24, 2.45) is 0 Å². The molecule has 0 radical (unpaired) electrons. The molecule has 0 aliphatic rings. The SMILES string of the molecule is CN(CCO)c1ccc(NCC(O)CO)cc1. The first kappa shape index (κ1) is 13.8. The van der Waals surface area contributed by atoms with Crippen LogP contribution in [0.2, 0.25) is 0 Å². The summed E-state index contributed by atoms with van der Waals surface area (Å²) in [7, 11) is 1.91. The van der Waals surface area contributed by atoms with Gasteiger partial charge in [0.15, 0.2) is 0 Å². The zero-order valence-electron chi connectivity index (χ0n) is 10.0. The molecule has 0 bridgehead atoms. The number of rotatable bonds is 7. The van der Waals surface area contributed by atoms with Gasteiger partial charge in [-0.25, -0.2) is 0 Å². The van der Waals surface area contributed by atoms with E-state index in [1.807, 2.05) is 36.2 Å². The molecule has 1 rings (SSSR count). The van der Waals surface area contributed by atoms with Crippen molar-refractivity contribution in [2.45, 2.75) is 6.10 Å². The number of aliphatic hydroxyl groups is 3. The van der Waals surface area contributed by atoms with Gasteiger partial charge in [0.2, 0.25) is 0 Å². The van der Waals surface area contributed by atoms with Crippen LogP contribution in [0.4, 0.5) is 11.4 Å². The highest BCUT2D eigenvalue weighted by atomic mass is 16.3. The first-order valence-corrected chi connectivity index (χ1v) is 5.62. The Morgan fingerprint density at radius 1 is 1.24 bits per heavy atom. The smallest absolute Gasteiger partial charge is 0.0942 e.